The molecule has 0 saturated carbocycles. The Hall–Kier alpha value is -2.88. The van der Waals surface area contributed by atoms with Crippen molar-refractivity contribution in [3.05, 3.63) is 85.1 Å². The fourth-order valence-corrected chi connectivity index (χ4v) is 5.31. The van der Waals surface area contributed by atoms with Crippen LogP contribution in [0.15, 0.2) is 85.1 Å². The molecule has 1 unspecified atom stereocenters. The molecule has 0 aliphatic carbocycles. The van der Waals surface area contributed by atoms with E-state index in [0.717, 1.165) is 128 Å². The van der Waals surface area contributed by atoms with Crippen LogP contribution in [0.1, 0.15) is 174 Å². The second-order valence-electron chi connectivity index (χ2n) is 12.7. The molecule has 0 saturated heterocycles. The van der Waals surface area contributed by atoms with Gasteiger partial charge in [-0.25, -0.2) is 0 Å². The van der Waals surface area contributed by atoms with E-state index in [1.807, 2.05) is 0 Å². The topological polar surface area (TPSA) is 63.6 Å². The Morgan fingerprint density at radius 1 is 0.458 bits per heavy atom. The molecule has 0 aliphatic heterocycles. The van der Waals surface area contributed by atoms with Crippen molar-refractivity contribution < 1.29 is 19.4 Å². The minimum absolute atomic E-state index is 0.00314. The van der Waals surface area contributed by atoms with Crippen LogP contribution in [-0.4, -0.2) is 23.1 Å². The SMILES string of the molecule is CC/C=C\C/C=C\C/C=C\C/C=C\CCCCC(CCCCCCCC(=O)O)OC(=O)CCCCCCC/C=C\C/C=C\C/C=C\CC. The number of carbonyl (C=O) groups excluding carboxylic acids is 1. The zero-order valence-electron chi connectivity index (χ0n) is 31.0. The molecule has 0 aromatic carbocycles. The molecule has 0 rings (SSSR count). The van der Waals surface area contributed by atoms with Gasteiger partial charge in [0.05, 0.1) is 0 Å². The van der Waals surface area contributed by atoms with Gasteiger partial charge in [0.1, 0.15) is 6.10 Å². The van der Waals surface area contributed by atoms with Gasteiger partial charge in [-0.3, -0.25) is 9.59 Å². The normalized spacial score (nSPS) is 13.2. The summed E-state index contributed by atoms with van der Waals surface area (Å²) in [6, 6.07) is 0. The van der Waals surface area contributed by atoms with Gasteiger partial charge in [0.25, 0.3) is 0 Å². The summed E-state index contributed by atoms with van der Waals surface area (Å²) in [5, 5.41) is 8.82. The van der Waals surface area contributed by atoms with Gasteiger partial charge >= 0.3 is 11.9 Å². The molecule has 4 nitrogen and oxygen atoms in total. The van der Waals surface area contributed by atoms with Crippen molar-refractivity contribution in [2.24, 2.45) is 0 Å². The van der Waals surface area contributed by atoms with E-state index in [1.54, 1.807) is 0 Å². The molecule has 4 heteroatoms. The molecule has 0 spiro atoms. The minimum Gasteiger partial charge on any atom is -0.481 e. The fourth-order valence-electron chi connectivity index (χ4n) is 5.31. The molecular formula is C44H72O4. The van der Waals surface area contributed by atoms with E-state index in [-0.39, 0.29) is 18.5 Å². The van der Waals surface area contributed by atoms with Gasteiger partial charge in [0, 0.05) is 12.8 Å². The number of carbonyl (C=O) groups is 2. The summed E-state index contributed by atoms with van der Waals surface area (Å²) in [6.45, 7) is 4.31. The largest absolute Gasteiger partial charge is 0.481 e. The van der Waals surface area contributed by atoms with Crippen molar-refractivity contribution in [1.82, 2.24) is 0 Å². The zero-order valence-corrected chi connectivity index (χ0v) is 31.0. The number of aliphatic carboxylic acids is 1. The molecule has 0 aromatic rings. The lowest BCUT2D eigenvalue weighted by Gasteiger charge is -2.18. The Morgan fingerprint density at radius 2 is 0.812 bits per heavy atom. The first-order chi connectivity index (χ1) is 23.6. The molecule has 0 radical (unpaired) electrons. The number of allylic oxidation sites excluding steroid dienone is 14. The molecular weight excluding hydrogens is 592 g/mol. The van der Waals surface area contributed by atoms with Crippen molar-refractivity contribution in [1.29, 1.82) is 0 Å². The van der Waals surface area contributed by atoms with Crippen molar-refractivity contribution in [3.8, 4) is 0 Å². The quantitative estimate of drug-likeness (QED) is 0.0422. The van der Waals surface area contributed by atoms with E-state index in [9.17, 15) is 9.59 Å². The maximum absolute atomic E-state index is 12.7. The summed E-state index contributed by atoms with van der Waals surface area (Å²) in [4.78, 5) is 23.4. The highest BCUT2D eigenvalue weighted by atomic mass is 16.5. The van der Waals surface area contributed by atoms with Gasteiger partial charge in [0.2, 0.25) is 0 Å². The number of hydrogen-bond donors (Lipinski definition) is 1. The van der Waals surface area contributed by atoms with E-state index < -0.39 is 5.97 Å². The monoisotopic (exact) mass is 665 g/mol. The predicted molar refractivity (Wildman–Crippen MR) is 208 cm³/mol. The number of carboxylic acid groups (broad SMARTS) is 1. The second-order valence-corrected chi connectivity index (χ2v) is 12.7. The standard InChI is InChI=1S/C44H72O4/c1-3-5-7-9-11-13-15-17-19-21-23-25-27-30-34-38-42(39-35-31-29-32-36-40-43(45)46)48-44(47)41-37-33-28-26-24-22-20-18-16-14-12-10-8-6-4-2/h5-8,11-14,17-20,23,25,42H,3-4,9-10,15-16,21-22,24,26-41H2,1-2H3,(H,45,46)/b7-5-,8-6-,13-11-,14-12-,19-17-,20-18-,25-23-. The van der Waals surface area contributed by atoms with Gasteiger partial charge in [-0.2, -0.15) is 0 Å². The third-order valence-corrected chi connectivity index (χ3v) is 8.11. The van der Waals surface area contributed by atoms with Crippen molar-refractivity contribution >= 4 is 11.9 Å². The highest BCUT2D eigenvalue weighted by Crippen LogP contribution is 2.18. The predicted octanol–water partition coefficient (Wildman–Crippen LogP) is 13.7. The van der Waals surface area contributed by atoms with E-state index in [4.69, 9.17) is 9.84 Å². The van der Waals surface area contributed by atoms with E-state index in [0.29, 0.717) is 6.42 Å². The van der Waals surface area contributed by atoms with E-state index >= 15 is 0 Å². The summed E-state index contributed by atoms with van der Waals surface area (Å²) in [7, 11) is 0. The smallest absolute Gasteiger partial charge is 0.306 e. The molecule has 0 bridgehead atoms. The Morgan fingerprint density at radius 3 is 1.29 bits per heavy atom. The van der Waals surface area contributed by atoms with Crippen LogP contribution < -0.4 is 0 Å². The van der Waals surface area contributed by atoms with Crippen molar-refractivity contribution in [2.75, 3.05) is 0 Å². The van der Waals surface area contributed by atoms with E-state index in [1.165, 1.54) is 19.3 Å². The Labute approximate surface area is 296 Å². The molecule has 0 fully saturated rings. The van der Waals surface area contributed by atoms with Gasteiger partial charge in [-0.1, -0.05) is 137 Å². The molecule has 0 aliphatic rings. The van der Waals surface area contributed by atoms with Crippen LogP contribution in [0.2, 0.25) is 0 Å². The number of carboxylic acids is 1. The number of rotatable bonds is 34. The third kappa shape index (κ3) is 37.6. The summed E-state index contributed by atoms with van der Waals surface area (Å²) >= 11 is 0. The van der Waals surface area contributed by atoms with Gasteiger partial charge in [-0.15, -0.1) is 0 Å². The Kier molecular flexibility index (Phi) is 36.3. The molecule has 0 aromatic heterocycles. The summed E-state index contributed by atoms with van der Waals surface area (Å²) in [5.74, 6) is -0.753. The highest BCUT2D eigenvalue weighted by molar-refractivity contribution is 5.69. The minimum atomic E-state index is -0.713. The second kappa shape index (κ2) is 38.6. The first kappa shape index (κ1) is 45.1. The summed E-state index contributed by atoms with van der Waals surface area (Å²) < 4.78 is 5.98. The van der Waals surface area contributed by atoms with Gasteiger partial charge in [-0.05, 0) is 109 Å². The Bertz CT molecular complexity index is 934. The van der Waals surface area contributed by atoms with Crippen LogP contribution in [-0.2, 0) is 14.3 Å². The lowest BCUT2D eigenvalue weighted by Crippen LogP contribution is -2.18. The highest BCUT2D eigenvalue weighted by Gasteiger charge is 2.14. The average molecular weight is 665 g/mol. The number of hydrogen-bond acceptors (Lipinski definition) is 3. The maximum atomic E-state index is 12.7. The summed E-state index contributed by atoms with van der Waals surface area (Å²) in [5.41, 5.74) is 0. The van der Waals surface area contributed by atoms with Crippen LogP contribution in [0.4, 0.5) is 0 Å². The van der Waals surface area contributed by atoms with Gasteiger partial charge < -0.3 is 9.84 Å². The number of ether oxygens (including phenoxy) is 1. The molecule has 272 valence electrons. The molecule has 0 heterocycles. The molecule has 0 amide bonds. The van der Waals surface area contributed by atoms with Gasteiger partial charge in [0.15, 0.2) is 0 Å². The Balaban J connectivity index is 4.21. The van der Waals surface area contributed by atoms with Crippen molar-refractivity contribution in [3.63, 3.8) is 0 Å². The zero-order chi connectivity index (χ0) is 35.0. The fraction of sp³-hybridized carbons (Fsp3) is 0.636. The first-order valence-corrected chi connectivity index (χ1v) is 19.6. The maximum Gasteiger partial charge on any atom is 0.306 e. The number of unbranched alkanes of at least 4 members (excludes halogenated alkanes) is 11. The van der Waals surface area contributed by atoms with E-state index in [2.05, 4.69) is 98.9 Å². The van der Waals surface area contributed by atoms with Crippen LogP contribution in [0, 0.1) is 0 Å². The van der Waals surface area contributed by atoms with Crippen LogP contribution in [0.5, 0.6) is 0 Å². The first-order valence-electron chi connectivity index (χ1n) is 19.6. The van der Waals surface area contributed by atoms with Crippen LogP contribution in [0.25, 0.3) is 0 Å². The lowest BCUT2D eigenvalue weighted by molar-refractivity contribution is -0.150. The summed E-state index contributed by atoms with van der Waals surface area (Å²) in [6.07, 6.45) is 55.9. The average Bonchev–Trinajstić information content (AvgIpc) is 3.07. The van der Waals surface area contributed by atoms with Crippen LogP contribution in [0.3, 0.4) is 0 Å². The number of esters is 1. The lowest BCUT2D eigenvalue weighted by atomic mass is 10.0. The third-order valence-electron chi connectivity index (χ3n) is 8.11. The van der Waals surface area contributed by atoms with Crippen LogP contribution >= 0.6 is 0 Å². The molecule has 1 atom stereocenters. The molecule has 1 N–H and O–H groups in total. The molecule has 48 heavy (non-hydrogen) atoms. The van der Waals surface area contributed by atoms with Crippen molar-refractivity contribution in [2.45, 2.75) is 180 Å².